The molecule has 0 atom stereocenters. The number of ether oxygens (including phenoxy) is 1. The first-order valence-corrected chi connectivity index (χ1v) is 9.97. The van der Waals surface area contributed by atoms with Crippen LogP contribution in [0.15, 0.2) is 71.8 Å². The molecule has 0 spiro atoms. The second-order valence-electron chi connectivity index (χ2n) is 6.96. The summed E-state index contributed by atoms with van der Waals surface area (Å²) >= 11 is 6.01. The van der Waals surface area contributed by atoms with Gasteiger partial charge in [-0.05, 0) is 66.9 Å². The zero-order chi connectivity index (χ0) is 22.2. The first-order chi connectivity index (χ1) is 14.9. The predicted molar refractivity (Wildman–Crippen MR) is 123 cm³/mol. The second kappa shape index (κ2) is 10.4. The zero-order valence-corrected chi connectivity index (χ0v) is 17.9. The highest BCUT2D eigenvalue weighted by atomic mass is 35.5. The Morgan fingerprint density at radius 2 is 1.68 bits per heavy atom. The van der Waals surface area contributed by atoms with E-state index in [1.54, 1.807) is 30.3 Å². The van der Waals surface area contributed by atoms with Gasteiger partial charge in [0.2, 0.25) is 0 Å². The summed E-state index contributed by atoms with van der Waals surface area (Å²) in [5, 5.41) is 6.79. The van der Waals surface area contributed by atoms with Gasteiger partial charge in [-0.15, -0.1) is 0 Å². The molecule has 0 fully saturated rings. The molecule has 7 heteroatoms. The predicted octanol–water partition coefficient (Wildman–Crippen LogP) is 4.62. The molecular weight excluding hydrogens is 414 g/mol. The number of carbonyl (C=O) groups excluding carboxylic acids is 2. The summed E-state index contributed by atoms with van der Waals surface area (Å²) in [6.45, 7) is 4.36. The molecule has 3 aromatic rings. The van der Waals surface area contributed by atoms with Gasteiger partial charge in [-0.1, -0.05) is 47.5 Å². The molecule has 2 amide bonds. The fourth-order valence-electron chi connectivity index (χ4n) is 2.58. The van der Waals surface area contributed by atoms with Gasteiger partial charge in [-0.3, -0.25) is 9.59 Å². The highest BCUT2D eigenvalue weighted by molar-refractivity contribution is 6.39. The van der Waals surface area contributed by atoms with Gasteiger partial charge >= 0.3 is 11.8 Å². The van der Waals surface area contributed by atoms with Gasteiger partial charge in [0.05, 0.1) is 6.21 Å². The second-order valence-corrected chi connectivity index (χ2v) is 7.37. The van der Waals surface area contributed by atoms with Crippen LogP contribution in [0.2, 0.25) is 5.02 Å². The zero-order valence-electron chi connectivity index (χ0n) is 17.2. The minimum atomic E-state index is -0.883. The average molecular weight is 436 g/mol. The number of carbonyl (C=O) groups is 2. The molecule has 0 aromatic heterocycles. The van der Waals surface area contributed by atoms with Gasteiger partial charge in [-0.2, -0.15) is 5.10 Å². The molecule has 0 heterocycles. The van der Waals surface area contributed by atoms with Crippen molar-refractivity contribution in [2.45, 2.75) is 20.5 Å². The van der Waals surface area contributed by atoms with Crippen molar-refractivity contribution in [3.63, 3.8) is 0 Å². The monoisotopic (exact) mass is 435 g/mol. The lowest BCUT2D eigenvalue weighted by Crippen LogP contribution is -2.32. The van der Waals surface area contributed by atoms with E-state index in [-0.39, 0.29) is 0 Å². The minimum Gasteiger partial charge on any atom is -0.489 e. The molecule has 0 radical (unpaired) electrons. The smallest absolute Gasteiger partial charge is 0.329 e. The van der Waals surface area contributed by atoms with Crippen LogP contribution in [-0.2, 0) is 16.2 Å². The van der Waals surface area contributed by atoms with Crippen LogP contribution in [0.4, 0.5) is 5.69 Å². The summed E-state index contributed by atoms with van der Waals surface area (Å²) in [7, 11) is 0. The fourth-order valence-corrected chi connectivity index (χ4v) is 2.76. The van der Waals surface area contributed by atoms with Gasteiger partial charge in [0, 0.05) is 10.7 Å². The third-order valence-corrected chi connectivity index (χ3v) is 4.83. The summed E-state index contributed by atoms with van der Waals surface area (Å²) < 4.78 is 5.76. The van der Waals surface area contributed by atoms with Crippen LogP contribution in [0.25, 0.3) is 0 Å². The topological polar surface area (TPSA) is 79.8 Å². The number of amides is 2. The summed E-state index contributed by atoms with van der Waals surface area (Å²) in [6, 6.07) is 20.4. The van der Waals surface area contributed by atoms with Crippen LogP contribution in [0.3, 0.4) is 0 Å². The Kier molecular flexibility index (Phi) is 7.40. The highest BCUT2D eigenvalue weighted by Gasteiger charge is 2.13. The number of benzene rings is 3. The summed E-state index contributed by atoms with van der Waals surface area (Å²) in [6.07, 6.45) is 1.44. The largest absolute Gasteiger partial charge is 0.489 e. The summed E-state index contributed by atoms with van der Waals surface area (Å²) in [5.41, 5.74) is 6.54. The number of hydrogen-bond donors (Lipinski definition) is 2. The fraction of sp³-hybridized carbons (Fsp3) is 0.125. The number of rotatable bonds is 6. The normalized spacial score (nSPS) is 10.7. The number of hydrazone groups is 1. The Morgan fingerprint density at radius 1 is 0.968 bits per heavy atom. The molecule has 0 aliphatic heterocycles. The lowest BCUT2D eigenvalue weighted by atomic mass is 10.2. The number of nitrogens with zero attached hydrogens (tertiary/aromatic N) is 1. The molecule has 0 unspecified atom stereocenters. The van der Waals surface area contributed by atoms with E-state index in [4.69, 9.17) is 16.3 Å². The molecule has 0 aliphatic rings. The maximum Gasteiger partial charge on any atom is 0.329 e. The number of nitrogens with one attached hydrogen (secondary N) is 2. The van der Waals surface area contributed by atoms with Crippen LogP contribution in [-0.4, -0.2) is 18.0 Å². The molecule has 0 aliphatic carbocycles. The number of anilines is 1. The Hall–Kier alpha value is -3.64. The molecule has 158 valence electrons. The molecular formula is C24H22ClN3O3. The molecule has 3 rings (SSSR count). The van der Waals surface area contributed by atoms with E-state index in [0.29, 0.717) is 17.3 Å². The molecule has 3 aromatic carbocycles. The van der Waals surface area contributed by atoms with Crippen molar-refractivity contribution >= 4 is 35.3 Å². The van der Waals surface area contributed by atoms with Gasteiger partial charge in [0.15, 0.2) is 0 Å². The Morgan fingerprint density at radius 3 is 2.35 bits per heavy atom. The lowest BCUT2D eigenvalue weighted by Gasteiger charge is -2.07. The number of aryl methyl sites for hydroxylation is 2. The molecule has 0 saturated carbocycles. The van der Waals surface area contributed by atoms with E-state index in [0.717, 1.165) is 22.4 Å². The van der Waals surface area contributed by atoms with Gasteiger partial charge < -0.3 is 10.1 Å². The van der Waals surface area contributed by atoms with Crippen LogP contribution < -0.4 is 15.5 Å². The van der Waals surface area contributed by atoms with Crippen molar-refractivity contribution < 1.29 is 14.3 Å². The number of halogens is 1. The maximum absolute atomic E-state index is 11.9. The maximum atomic E-state index is 11.9. The minimum absolute atomic E-state index is 0.431. The molecule has 6 nitrogen and oxygen atoms in total. The van der Waals surface area contributed by atoms with E-state index in [2.05, 4.69) is 15.8 Å². The standard InChI is InChI=1S/C24H22ClN3O3/c1-16-3-6-19(7-4-16)15-31-21-11-8-18(9-12-21)14-26-28-24(30)23(29)27-20-10-5-17(2)22(25)13-20/h3-14H,15H2,1-2H3,(H,27,29)(H,28,30). The Bertz CT molecular complexity index is 1090. The summed E-state index contributed by atoms with van der Waals surface area (Å²) in [5.74, 6) is -0.999. The molecule has 0 bridgehead atoms. The van der Waals surface area contributed by atoms with Gasteiger partial charge in [0.25, 0.3) is 0 Å². The first kappa shape index (κ1) is 22.1. The van der Waals surface area contributed by atoms with Crippen molar-refractivity contribution in [1.29, 1.82) is 0 Å². The average Bonchev–Trinajstić information content (AvgIpc) is 2.76. The van der Waals surface area contributed by atoms with Crippen molar-refractivity contribution in [3.8, 4) is 5.75 Å². The van der Waals surface area contributed by atoms with E-state index in [1.807, 2.05) is 50.2 Å². The van der Waals surface area contributed by atoms with E-state index >= 15 is 0 Å². The van der Waals surface area contributed by atoms with Gasteiger partial charge in [0.1, 0.15) is 12.4 Å². The highest BCUT2D eigenvalue weighted by Crippen LogP contribution is 2.19. The van der Waals surface area contributed by atoms with Crippen molar-refractivity contribution in [3.05, 3.63) is 94.0 Å². The first-order valence-electron chi connectivity index (χ1n) is 9.59. The van der Waals surface area contributed by atoms with E-state index in [1.165, 1.54) is 11.8 Å². The van der Waals surface area contributed by atoms with Gasteiger partial charge in [-0.25, -0.2) is 5.43 Å². The third-order valence-electron chi connectivity index (χ3n) is 4.42. The lowest BCUT2D eigenvalue weighted by molar-refractivity contribution is -0.136. The van der Waals surface area contributed by atoms with Crippen molar-refractivity contribution in [2.75, 3.05) is 5.32 Å². The molecule has 0 saturated heterocycles. The Balaban J connectivity index is 1.47. The van der Waals surface area contributed by atoms with Crippen LogP contribution >= 0.6 is 11.6 Å². The molecule has 31 heavy (non-hydrogen) atoms. The molecule has 2 N–H and O–H groups in total. The SMILES string of the molecule is Cc1ccc(COc2ccc(C=NNC(=O)C(=O)Nc3ccc(C)c(Cl)c3)cc2)cc1. The summed E-state index contributed by atoms with van der Waals surface area (Å²) in [4.78, 5) is 23.8. The van der Waals surface area contributed by atoms with Crippen LogP contribution in [0.5, 0.6) is 5.75 Å². The van der Waals surface area contributed by atoms with Crippen molar-refractivity contribution in [2.24, 2.45) is 5.10 Å². The van der Waals surface area contributed by atoms with E-state index < -0.39 is 11.8 Å². The quantitative estimate of drug-likeness (QED) is 0.336. The van der Waals surface area contributed by atoms with Crippen molar-refractivity contribution in [1.82, 2.24) is 5.43 Å². The third kappa shape index (κ3) is 6.69. The Labute approximate surface area is 185 Å². The van der Waals surface area contributed by atoms with E-state index in [9.17, 15) is 9.59 Å². The number of hydrogen-bond acceptors (Lipinski definition) is 4. The van der Waals surface area contributed by atoms with Crippen LogP contribution in [0, 0.1) is 13.8 Å². The van der Waals surface area contributed by atoms with Crippen LogP contribution in [0.1, 0.15) is 22.3 Å².